The van der Waals surface area contributed by atoms with E-state index in [0.717, 1.165) is 5.56 Å². The van der Waals surface area contributed by atoms with E-state index in [4.69, 9.17) is 9.52 Å². The topological polar surface area (TPSA) is 96.5 Å². The summed E-state index contributed by atoms with van der Waals surface area (Å²) in [5.74, 6) is -0.181. The van der Waals surface area contributed by atoms with Gasteiger partial charge in [0.1, 0.15) is 0 Å². The number of nitrogens with zero attached hydrogens (tertiary/aromatic N) is 3. The Bertz CT molecular complexity index is 651. The van der Waals surface area contributed by atoms with Gasteiger partial charge in [0, 0.05) is 36.4 Å². The third-order valence-electron chi connectivity index (χ3n) is 3.30. The van der Waals surface area contributed by atoms with Crippen molar-refractivity contribution in [2.45, 2.75) is 39.2 Å². The van der Waals surface area contributed by atoms with Gasteiger partial charge >= 0.3 is 5.97 Å². The van der Waals surface area contributed by atoms with Crippen molar-refractivity contribution in [3.05, 3.63) is 22.7 Å². The van der Waals surface area contributed by atoms with Gasteiger partial charge in [0.2, 0.25) is 17.7 Å². The first kappa shape index (κ1) is 17.1. The summed E-state index contributed by atoms with van der Waals surface area (Å²) in [6.45, 7) is 3.93. The van der Waals surface area contributed by atoms with Crippen molar-refractivity contribution in [2.24, 2.45) is 0 Å². The lowest BCUT2D eigenvalue weighted by Crippen LogP contribution is -2.38. The fraction of sp³-hybridized carbons (Fsp3) is 0.467. The summed E-state index contributed by atoms with van der Waals surface area (Å²) in [4.78, 5) is 24.5. The molecule has 0 aliphatic rings. The Balaban J connectivity index is 1.91. The number of thiophene rings is 1. The molecule has 0 aliphatic heterocycles. The van der Waals surface area contributed by atoms with Gasteiger partial charge in [-0.25, -0.2) is 0 Å². The molecule has 2 rings (SSSR count). The van der Waals surface area contributed by atoms with Crippen molar-refractivity contribution in [3.8, 4) is 11.5 Å². The molecule has 0 fully saturated rings. The number of carbonyl (C=O) groups excluding carboxylic acids is 1. The number of carboxylic acid groups (broad SMARTS) is 1. The van der Waals surface area contributed by atoms with Crippen molar-refractivity contribution in [3.63, 3.8) is 0 Å². The molecule has 7 nitrogen and oxygen atoms in total. The Morgan fingerprint density at radius 2 is 2.13 bits per heavy atom. The van der Waals surface area contributed by atoms with Crippen LogP contribution >= 0.6 is 11.3 Å². The van der Waals surface area contributed by atoms with Crippen LogP contribution in [-0.4, -0.2) is 44.7 Å². The number of aliphatic carboxylic acids is 1. The predicted molar refractivity (Wildman–Crippen MR) is 85.0 cm³/mol. The highest BCUT2D eigenvalue weighted by molar-refractivity contribution is 7.08. The molecule has 0 saturated carbocycles. The highest BCUT2D eigenvalue weighted by Crippen LogP contribution is 2.21. The molecule has 0 radical (unpaired) electrons. The van der Waals surface area contributed by atoms with Gasteiger partial charge in [-0.05, 0) is 25.3 Å². The minimum Gasteiger partial charge on any atom is -0.481 e. The van der Waals surface area contributed by atoms with Crippen LogP contribution in [0.25, 0.3) is 11.5 Å². The van der Waals surface area contributed by atoms with Crippen LogP contribution in [0.4, 0.5) is 0 Å². The average molecular weight is 337 g/mol. The molecule has 0 aliphatic carbocycles. The molecule has 23 heavy (non-hydrogen) atoms. The molecule has 8 heteroatoms. The summed E-state index contributed by atoms with van der Waals surface area (Å²) in [6, 6.07) is 1.84. The van der Waals surface area contributed by atoms with Crippen LogP contribution in [0.5, 0.6) is 0 Å². The van der Waals surface area contributed by atoms with Crippen molar-refractivity contribution >= 4 is 23.2 Å². The molecule has 0 unspecified atom stereocenters. The highest BCUT2D eigenvalue weighted by atomic mass is 32.1. The van der Waals surface area contributed by atoms with Gasteiger partial charge in [0.15, 0.2) is 0 Å². The summed E-state index contributed by atoms with van der Waals surface area (Å²) < 4.78 is 5.54. The molecule has 0 spiro atoms. The molecule has 1 amide bonds. The van der Waals surface area contributed by atoms with Crippen molar-refractivity contribution < 1.29 is 19.1 Å². The van der Waals surface area contributed by atoms with Gasteiger partial charge in [-0.3, -0.25) is 9.59 Å². The van der Waals surface area contributed by atoms with Crippen LogP contribution < -0.4 is 0 Å². The standard InChI is InChI=1S/C15H19N3O4S/c1-10(2)18(7-5-14(20)21)13(19)4-3-12-16-17-15(22-12)11-6-8-23-9-11/h6,8-10H,3-5,7H2,1-2H3,(H,20,21). The van der Waals surface area contributed by atoms with Crippen molar-refractivity contribution in [1.29, 1.82) is 0 Å². The SMILES string of the molecule is CC(C)N(CCC(=O)O)C(=O)CCc1nnc(-c2ccsc2)o1. The van der Waals surface area contributed by atoms with E-state index in [1.807, 2.05) is 30.7 Å². The van der Waals surface area contributed by atoms with E-state index in [2.05, 4.69) is 10.2 Å². The molecule has 2 aromatic heterocycles. The first-order chi connectivity index (χ1) is 11.0. The van der Waals surface area contributed by atoms with Gasteiger partial charge < -0.3 is 14.4 Å². The van der Waals surface area contributed by atoms with Crippen LogP contribution in [0.15, 0.2) is 21.2 Å². The summed E-state index contributed by atoms with van der Waals surface area (Å²) >= 11 is 1.54. The van der Waals surface area contributed by atoms with Gasteiger partial charge in [-0.1, -0.05) is 0 Å². The number of amides is 1. The van der Waals surface area contributed by atoms with Crippen molar-refractivity contribution in [2.75, 3.05) is 6.54 Å². The number of carboxylic acids is 1. The normalized spacial score (nSPS) is 10.9. The van der Waals surface area contributed by atoms with E-state index in [1.54, 1.807) is 16.2 Å². The number of rotatable bonds is 8. The molecular weight excluding hydrogens is 318 g/mol. The third-order valence-corrected chi connectivity index (χ3v) is 3.98. The highest BCUT2D eigenvalue weighted by Gasteiger charge is 2.19. The zero-order chi connectivity index (χ0) is 16.8. The molecule has 0 bridgehead atoms. The predicted octanol–water partition coefficient (Wildman–Crippen LogP) is 2.44. The van der Waals surface area contributed by atoms with Crippen molar-refractivity contribution in [1.82, 2.24) is 15.1 Å². The van der Waals surface area contributed by atoms with Gasteiger partial charge in [-0.2, -0.15) is 11.3 Å². The molecule has 0 atom stereocenters. The van der Waals surface area contributed by atoms with E-state index in [-0.39, 0.29) is 31.3 Å². The van der Waals surface area contributed by atoms with Gasteiger partial charge in [0.05, 0.1) is 6.42 Å². The largest absolute Gasteiger partial charge is 0.481 e. The molecule has 0 aromatic carbocycles. The van der Waals surface area contributed by atoms with Crippen LogP contribution in [0, 0.1) is 0 Å². The summed E-state index contributed by atoms with van der Waals surface area (Å²) in [7, 11) is 0. The quantitative estimate of drug-likeness (QED) is 0.795. The molecular formula is C15H19N3O4S. The van der Waals surface area contributed by atoms with Gasteiger partial charge in [0.25, 0.3) is 0 Å². The van der Waals surface area contributed by atoms with Crippen LogP contribution in [-0.2, 0) is 16.0 Å². The number of aryl methyl sites for hydroxylation is 1. The maximum atomic E-state index is 12.3. The molecule has 2 aromatic rings. The molecule has 124 valence electrons. The average Bonchev–Trinajstić information content (AvgIpc) is 3.15. The van der Waals surface area contributed by atoms with E-state index in [9.17, 15) is 9.59 Å². The zero-order valence-electron chi connectivity index (χ0n) is 13.1. The number of aromatic nitrogens is 2. The Hall–Kier alpha value is -2.22. The minimum absolute atomic E-state index is 0.0501. The first-order valence-corrected chi connectivity index (χ1v) is 8.28. The monoisotopic (exact) mass is 337 g/mol. The van der Waals surface area contributed by atoms with E-state index < -0.39 is 5.97 Å². The fourth-order valence-electron chi connectivity index (χ4n) is 2.10. The molecule has 2 heterocycles. The minimum atomic E-state index is -0.916. The summed E-state index contributed by atoms with van der Waals surface area (Å²) in [5, 5.41) is 20.5. The Labute approximate surface area is 137 Å². The second-order valence-electron chi connectivity index (χ2n) is 5.34. The number of hydrogen-bond acceptors (Lipinski definition) is 6. The van der Waals surface area contributed by atoms with Crippen LogP contribution in [0.3, 0.4) is 0 Å². The second-order valence-corrected chi connectivity index (χ2v) is 6.12. The Morgan fingerprint density at radius 3 is 2.74 bits per heavy atom. The van der Waals surface area contributed by atoms with E-state index >= 15 is 0 Å². The Morgan fingerprint density at radius 1 is 1.35 bits per heavy atom. The summed E-state index contributed by atoms with van der Waals surface area (Å²) in [5.41, 5.74) is 0.866. The number of hydrogen-bond donors (Lipinski definition) is 1. The van der Waals surface area contributed by atoms with Crippen LogP contribution in [0.1, 0.15) is 32.6 Å². The van der Waals surface area contributed by atoms with E-state index in [0.29, 0.717) is 18.2 Å². The first-order valence-electron chi connectivity index (χ1n) is 7.33. The lowest BCUT2D eigenvalue weighted by molar-refractivity contribution is -0.139. The Kier molecular flexibility index (Phi) is 5.86. The zero-order valence-corrected chi connectivity index (χ0v) is 13.9. The maximum Gasteiger partial charge on any atom is 0.305 e. The number of carbonyl (C=O) groups is 2. The van der Waals surface area contributed by atoms with Gasteiger partial charge in [-0.15, -0.1) is 10.2 Å². The maximum absolute atomic E-state index is 12.3. The third kappa shape index (κ3) is 4.88. The van der Waals surface area contributed by atoms with Crippen LogP contribution in [0.2, 0.25) is 0 Å². The lowest BCUT2D eigenvalue weighted by Gasteiger charge is -2.26. The smallest absolute Gasteiger partial charge is 0.305 e. The molecule has 0 saturated heterocycles. The lowest BCUT2D eigenvalue weighted by atomic mass is 10.2. The van der Waals surface area contributed by atoms with E-state index in [1.165, 1.54) is 0 Å². The second kappa shape index (κ2) is 7.87. The summed E-state index contributed by atoms with van der Waals surface area (Å²) in [6.07, 6.45) is 0.488. The molecule has 1 N–H and O–H groups in total. The fourth-order valence-corrected chi connectivity index (χ4v) is 2.73.